The highest BCUT2D eigenvalue weighted by molar-refractivity contribution is 5.84. The highest BCUT2D eigenvalue weighted by Crippen LogP contribution is 2.34. The molecule has 4 nitrogen and oxygen atoms in total. The molecule has 0 saturated heterocycles. The van der Waals surface area contributed by atoms with Crippen LogP contribution in [-0.4, -0.2) is 42.7 Å². The first-order valence-corrected chi connectivity index (χ1v) is 6.31. The molecular weight excluding hydrogens is 230 g/mol. The molecule has 1 aromatic rings. The molecule has 4 heteroatoms. The van der Waals surface area contributed by atoms with Crippen LogP contribution in [0.2, 0.25) is 0 Å². The fourth-order valence-corrected chi connectivity index (χ4v) is 2.28. The molecule has 0 saturated carbocycles. The smallest absolute Gasteiger partial charge is 0.230 e. The molecule has 1 aromatic carbocycles. The van der Waals surface area contributed by atoms with Crippen LogP contribution in [0.1, 0.15) is 24.3 Å². The van der Waals surface area contributed by atoms with Crippen LogP contribution in [0.25, 0.3) is 0 Å². The Bertz CT molecular complexity index is 419. The number of amides is 1. The summed E-state index contributed by atoms with van der Waals surface area (Å²) in [6.45, 7) is 1.29. The number of para-hydroxylation sites is 1. The number of carbonyl (C=O) groups excluding carboxylic acids is 1. The van der Waals surface area contributed by atoms with Crippen molar-refractivity contribution in [1.82, 2.24) is 4.90 Å². The number of nitrogens with zero attached hydrogens (tertiary/aromatic N) is 1. The lowest BCUT2D eigenvalue weighted by molar-refractivity contribution is -0.132. The van der Waals surface area contributed by atoms with E-state index in [-0.39, 0.29) is 18.4 Å². The molecule has 0 spiro atoms. The fourth-order valence-electron chi connectivity index (χ4n) is 2.28. The van der Waals surface area contributed by atoms with E-state index in [9.17, 15) is 4.79 Å². The van der Waals surface area contributed by atoms with Crippen molar-refractivity contribution >= 4 is 5.91 Å². The summed E-state index contributed by atoms with van der Waals surface area (Å²) in [5.41, 5.74) is 0.976. The average molecular weight is 249 g/mol. The van der Waals surface area contributed by atoms with Crippen LogP contribution in [0, 0.1) is 0 Å². The van der Waals surface area contributed by atoms with Crippen molar-refractivity contribution in [2.75, 3.05) is 26.8 Å². The maximum Gasteiger partial charge on any atom is 0.230 e. The molecule has 0 bridgehead atoms. The van der Waals surface area contributed by atoms with E-state index < -0.39 is 0 Å². The molecule has 1 aliphatic heterocycles. The Morgan fingerprint density at radius 3 is 3.06 bits per heavy atom. The molecule has 1 atom stereocenters. The molecule has 1 heterocycles. The zero-order valence-corrected chi connectivity index (χ0v) is 10.6. The molecule has 0 fully saturated rings. The number of ether oxygens (including phenoxy) is 1. The van der Waals surface area contributed by atoms with Crippen molar-refractivity contribution in [3.05, 3.63) is 29.8 Å². The summed E-state index contributed by atoms with van der Waals surface area (Å²) in [5, 5.41) is 8.81. The Labute approximate surface area is 107 Å². The quantitative estimate of drug-likeness (QED) is 0.877. The van der Waals surface area contributed by atoms with E-state index in [1.165, 1.54) is 0 Å². The van der Waals surface area contributed by atoms with Crippen LogP contribution in [0.4, 0.5) is 0 Å². The first-order valence-electron chi connectivity index (χ1n) is 6.31. The van der Waals surface area contributed by atoms with Gasteiger partial charge in [-0.25, -0.2) is 0 Å². The molecule has 0 aromatic heterocycles. The highest BCUT2D eigenvalue weighted by Gasteiger charge is 2.29. The Morgan fingerprint density at radius 1 is 1.50 bits per heavy atom. The first-order chi connectivity index (χ1) is 8.74. The highest BCUT2D eigenvalue weighted by atomic mass is 16.5. The molecule has 18 heavy (non-hydrogen) atoms. The normalized spacial score (nSPS) is 17.8. The Morgan fingerprint density at radius 2 is 2.28 bits per heavy atom. The third-order valence-corrected chi connectivity index (χ3v) is 3.28. The predicted molar refractivity (Wildman–Crippen MR) is 68.6 cm³/mol. The number of likely N-dealkylation sites (N-methyl/N-ethyl adjacent to an activating group) is 1. The minimum absolute atomic E-state index is 0.110. The van der Waals surface area contributed by atoms with Crippen LogP contribution in [-0.2, 0) is 4.79 Å². The van der Waals surface area contributed by atoms with Gasteiger partial charge in [-0.05, 0) is 18.9 Å². The summed E-state index contributed by atoms with van der Waals surface area (Å²) >= 11 is 0. The number of hydrogen-bond acceptors (Lipinski definition) is 3. The van der Waals surface area contributed by atoms with Gasteiger partial charge in [0.1, 0.15) is 5.75 Å². The Hall–Kier alpha value is -1.55. The molecule has 2 rings (SSSR count). The van der Waals surface area contributed by atoms with Crippen molar-refractivity contribution in [2.45, 2.75) is 18.8 Å². The number of benzene rings is 1. The first kappa shape index (κ1) is 12.9. The standard InChI is InChI=1S/C14H19NO3/c1-15(8-4-9-16)14(17)12-7-10-18-13-6-3-2-5-11(12)13/h2-3,5-6,12,16H,4,7-10H2,1H3. The zero-order chi connectivity index (χ0) is 13.0. The van der Waals surface area contributed by atoms with Crippen molar-refractivity contribution in [1.29, 1.82) is 0 Å². The lowest BCUT2D eigenvalue weighted by atomic mass is 9.92. The van der Waals surface area contributed by atoms with Crippen LogP contribution in [0.15, 0.2) is 24.3 Å². The van der Waals surface area contributed by atoms with E-state index in [0.29, 0.717) is 19.6 Å². The number of fused-ring (bicyclic) bond motifs is 1. The number of rotatable bonds is 4. The summed E-state index contributed by atoms with van der Waals surface area (Å²) in [7, 11) is 1.79. The number of carbonyl (C=O) groups is 1. The molecule has 1 aliphatic rings. The number of aliphatic hydroxyl groups excluding tert-OH is 1. The van der Waals surface area contributed by atoms with Crippen molar-refractivity contribution in [3.8, 4) is 5.75 Å². The Balaban J connectivity index is 2.12. The second-order valence-electron chi connectivity index (χ2n) is 4.56. The van der Waals surface area contributed by atoms with Gasteiger partial charge in [0.15, 0.2) is 0 Å². The molecular formula is C14H19NO3. The summed E-state index contributed by atoms with van der Waals surface area (Å²) in [6.07, 6.45) is 1.34. The summed E-state index contributed by atoms with van der Waals surface area (Å²) < 4.78 is 5.55. The van der Waals surface area contributed by atoms with E-state index in [0.717, 1.165) is 17.7 Å². The molecule has 1 N–H and O–H groups in total. The maximum absolute atomic E-state index is 12.4. The van der Waals surface area contributed by atoms with E-state index in [1.54, 1.807) is 11.9 Å². The zero-order valence-electron chi connectivity index (χ0n) is 10.6. The lowest BCUT2D eigenvalue weighted by Crippen LogP contribution is -2.35. The van der Waals surface area contributed by atoms with Crippen LogP contribution in [0.5, 0.6) is 5.75 Å². The van der Waals surface area contributed by atoms with E-state index in [2.05, 4.69) is 0 Å². The maximum atomic E-state index is 12.4. The summed E-state index contributed by atoms with van der Waals surface area (Å²) in [4.78, 5) is 14.1. The number of hydrogen-bond donors (Lipinski definition) is 1. The summed E-state index contributed by atoms with van der Waals surface area (Å²) in [5.74, 6) is 0.815. The molecule has 1 unspecified atom stereocenters. The SMILES string of the molecule is CN(CCCO)C(=O)C1CCOc2ccccc21. The van der Waals surface area contributed by atoms with Gasteiger partial charge < -0.3 is 14.7 Å². The van der Waals surface area contributed by atoms with Gasteiger partial charge in [0.2, 0.25) is 5.91 Å². The molecule has 0 radical (unpaired) electrons. The largest absolute Gasteiger partial charge is 0.493 e. The van der Waals surface area contributed by atoms with E-state index >= 15 is 0 Å². The van der Waals surface area contributed by atoms with Crippen LogP contribution >= 0.6 is 0 Å². The van der Waals surface area contributed by atoms with Gasteiger partial charge in [0.05, 0.1) is 12.5 Å². The fraction of sp³-hybridized carbons (Fsp3) is 0.500. The van der Waals surface area contributed by atoms with Crippen molar-refractivity contribution in [3.63, 3.8) is 0 Å². The van der Waals surface area contributed by atoms with E-state index in [4.69, 9.17) is 9.84 Å². The van der Waals surface area contributed by atoms with Gasteiger partial charge in [-0.1, -0.05) is 18.2 Å². The predicted octanol–water partition coefficient (Wildman–Crippen LogP) is 1.39. The third-order valence-electron chi connectivity index (χ3n) is 3.28. The van der Waals surface area contributed by atoms with Crippen molar-refractivity contribution in [2.24, 2.45) is 0 Å². The van der Waals surface area contributed by atoms with Gasteiger partial charge in [-0.3, -0.25) is 4.79 Å². The topological polar surface area (TPSA) is 49.8 Å². The second-order valence-corrected chi connectivity index (χ2v) is 4.56. The minimum Gasteiger partial charge on any atom is -0.493 e. The van der Waals surface area contributed by atoms with Gasteiger partial charge in [-0.2, -0.15) is 0 Å². The monoisotopic (exact) mass is 249 g/mol. The van der Waals surface area contributed by atoms with Crippen LogP contribution in [0.3, 0.4) is 0 Å². The van der Waals surface area contributed by atoms with Gasteiger partial charge in [0, 0.05) is 25.8 Å². The minimum atomic E-state index is -0.112. The lowest BCUT2D eigenvalue weighted by Gasteiger charge is -2.28. The van der Waals surface area contributed by atoms with Gasteiger partial charge in [-0.15, -0.1) is 0 Å². The second kappa shape index (κ2) is 5.87. The molecule has 0 aliphatic carbocycles. The van der Waals surface area contributed by atoms with Crippen LogP contribution < -0.4 is 4.74 Å². The summed E-state index contributed by atoms with van der Waals surface area (Å²) in [6, 6.07) is 7.71. The molecule has 1 amide bonds. The average Bonchev–Trinajstić information content (AvgIpc) is 2.43. The Kier molecular flexibility index (Phi) is 4.20. The van der Waals surface area contributed by atoms with Gasteiger partial charge in [0.25, 0.3) is 0 Å². The van der Waals surface area contributed by atoms with Crippen molar-refractivity contribution < 1.29 is 14.6 Å². The number of aliphatic hydroxyl groups is 1. The molecule has 98 valence electrons. The van der Waals surface area contributed by atoms with Gasteiger partial charge >= 0.3 is 0 Å². The van der Waals surface area contributed by atoms with E-state index in [1.807, 2.05) is 24.3 Å². The third kappa shape index (κ3) is 2.64.